The van der Waals surface area contributed by atoms with Crippen LogP contribution in [0, 0.1) is 0 Å². The van der Waals surface area contributed by atoms with Crippen LogP contribution in [0.2, 0.25) is 0 Å². The number of hydrogen-bond acceptors (Lipinski definition) is 3. The molecule has 0 amide bonds. The van der Waals surface area contributed by atoms with Crippen molar-refractivity contribution in [1.29, 1.82) is 0 Å². The number of anilines is 2. The van der Waals surface area contributed by atoms with Crippen molar-refractivity contribution in [3.05, 3.63) is 66.7 Å². The number of aryl methyl sites for hydroxylation is 1. The van der Waals surface area contributed by atoms with Gasteiger partial charge >= 0.3 is 0 Å². The lowest BCUT2D eigenvalue weighted by atomic mass is 10.1. The van der Waals surface area contributed by atoms with Crippen molar-refractivity contribution < 1.29 is 8.42 Å². The zero-order valence-corrected chi connectivity index (χ0v) is 14.4. The molecule has 0 atom stereocenters. The van der Waals surface area contributed by atoms with E-state index in [-0.39, 0.29) is 4.90 Å². The third-order valence-electron chi connectivity index (χ3n) is 4.36. The summed E-state index contributed by atoms with van der Waals surface area (Å²) in [5.74, 6) is 0. The molecule has 4 aromatic rings. The predicted molar refractivity (Wildman–Crippen MR) is 102 cm³/mol. The van der Waals surface area contributed by atoms with Crippen LogP contribution >= 0.6 is 0 Å². The normalized spacial score (nSPS) is 11.9. The van der Waals surface area contributed by atoms with E-state index in [9.17, 15) is 8.42 Å². The molecule has 126 valence electrons. The number of benzene rings is 3. The first kappa shape index (κ1) is 15.5. The van der Waals surface area contributed by atoms with Gasteiger partial charge in [-0.2, -0.15) is 0 Å². The maximum atomic E-state index is 12.6. The fourth-order valence-corrected chi connectivity index (χ4v) is 4.14. The molecule has 4 rings (SSSR count). The van der Waals surface area contributed by atoms with Gasteiger partial charge in [-0.05, 0) is 48.5 Å². The Labute approximate surface area is 145 Å². The molecular weight excluding hydrogens is 334 g/mol. The minimum absolute atomic E-state index is 0.180. The summed E-state index contributed by atoms with van der Waals surface area (Å²) in [7, 11) is -1.65. The maximum Gasteiger partial charge on any atom is 0.261 e. The topological polar surface area (TPSA) is 77.1 Å². The van der Waals surface area contributed by atoms with Crippen LogP contribution in [0.3, 0.4) is 0 Å². The Morgan fingerprint density at radius 1 is 0.880 bits per heavy atom. The summed E-state index contributed by atoms with van der Waals surface area (Å²) >= 11 is 0. The Kier molecular flexibility index (Phi) is 3.43. The number of nitrogens with two attached hydrogens (primary N) is 1. The van der Waals surface area contributed by atoms with E-state index in [1.165, 1.54) is 12.1 Å². The summed E-state index contributed by atoms with van der Waals surface area (Å²) in [5, 5.41) is 2.10. The molecule has 0 bridgehead atoms. The van der Waals surface area contributed by atoms with Crippen molar-refractivity contribution in [2.24, 2.45) is 7.05 Å². The Bertz CT molecular complexity index is 1190. The molecule has 0 aliphatic carbocycles. The van der Waals surface area contributed by atoms with Crippen LogP contribution in [0.1, 0.15) is 0 Å². The van der Waals surface area contributed by atoms with Crippen molar-refractivity contribution in [1.82, 2.24) is 4.57 Å². The Balaban J connectivity index is 1.80. The van der Waals surface area contributed by atoms with Crippen molar-refractivity contribution in [3.63, 3.8) is 0 Å². The summed E-state index contributed by atoms with van der Waals surface area (Å²) in [6, 6.07) is 19.8. The first-order chi connectivity index (χ1) is 12.0. The molecule has 0 fully saturated rings. The average Bonchev–Trinajstić information content (AvgIpc) is 2.88. The zero-order valence-electron chi connectivity index (χ0n) is 13.6. The van der Waals surface area contributed by atoms with Crippen LogP contribution in [-0.4, -0.2) is 13.0 Å². The summed E-state index contributed by atoms with van der Waals surface area (Å²) in [6.07, 6.45) is 0. The van der Waals surface area contributed by atoms with Gasteiger partial charge in [-0.15, -0.1) is 0 Å². The molecule has 1 aromatic heterocycles. The standard InChI is InChI=1S/C19H17N3O2S/c1-22-18-5-3-2-4-16(18)17-12-14(8-11-19(17)22)21-25(23,24)15-9-6-13(20)7-10-15/h2-12,21H,20H2,1H3. The van der Waals surface area contributed by atoms with E-state index in [4.69, 9.17) is 5.73 Å². The number of nitrogen functional groups attached to an aromatic ring is 1. The zero-order chi connectivity index (χ0) is 17.6. The van der Waals surface area contributed by atoms with Crippen LogP contribution in [0.25, 0.3) is 21.8 Å². The Morgan fingerprint density at radius 3 is 2.32 bits per heavy atom. The highest BCUT2D eigenvalue weighted by Gasteiger charge is 2.15. The van der Waals surface area contributed by atoms with E-state index >= 15 is 0 Å². The third kappa shape index (κ3) is 2.60. The highest BCUT2D eigenvalue weighted by atomic mass is 32.2. The molecule has 1 heterocycles. The molecule has 0 aliphatic heterocycles. The second-order valence-electron chi connectivity index (χ2n) is 5.98. The van der Waals surface area contributed by atoms with Crippen LogP contribution in [0.4, 0.5) is 11.4 Å². The molecule has 0 saturated carbocycles. The van der Waals surface area contributed by atoms with Gasteiger partial charge in [-0.25, -0.2) is 8.42 Å². The quantitative estimate of drug-likeness (QED) is 0.552. The van der Waals surface area contributed by atoms with Crippen molar-refractivity contribution in [3.8, 4) is 0 Å². The molecule has 0 saturated heterocycles. The van der Waals surface area contributed by atoms with Crippen molar-refractivity contribution >= 4 is 43.2 Å². The Hall–Kier alpha value is -2.99. The van der Waals surface area contributed by atoms with Crippen LogP contribution in [0.5, 0.6) is 0 Å². The van der Waals surface area contributed by atoms with Gasteiger partial charge < -0.3 is 10.3 Å². The van der Waals surface area contributed by atoms with Gasteiger partial charge in [0.1, 0.15) is 0 Å². The van der Waals surface area contributed by atoms with E-state index in [2.05, 4.69) is 9.29 Å². The molecule has 0 unspecified atom stereocenters. The average molecular weight is 351 g/mol. The second kappa shape index (κ2) is 5.53. The van der Waals surface area contributed by atoms with E-state index in [1.807, 2.05) is 43.4 Å². The first-order valence-electron chi connectivity index (χ1n) is 7.81. The lowest BCUT2D eigenvalue weighted by molar-refractivity contribution is 0.601. The van der Waals surface area contributed by atoms with E-state index in [0.717, 1.165) is 21.8 Å². The third-order valence-corrected chi connectivity index (χ3v) is 5.75. The summed E-state index contributed by atoms with van der Waals surface area (Å²) in [5.41, 5.74) is 8.83. The van der Waals surface area contributed by atoms with Crippen LogP contribution < -0.4 is 10.5 Å². The largest absolute Gasteiger partial charge is 0.399 e. The van der Waals surface area contributed by atoms with Gasteiger partial charge in [-0.3, -0.25) is 4.72 Å². The fourth-order valence-electron chi connectivity index (χ4n) is 3.09. The van der Waals surface area contributed by atoms with Gasteiger partial charge in [0.2, 0.25) is 0 Å². The van der Waals surface area contributed by atoms with Gasteiger partial charge in [0.05, 0.1) is 4.90 Å². The lowest BCUT2D eigenvalue weighted by Gasteiger charge is -2.09. The summed E-state index contributed by atoms with van der Waals surface area (Å²) in [4.78, 5) is 0.180. The number of para-hydroxylation sites is 1. The number of hydrogen-bond donors (Lipinski definition) is 2. The monoisotopic (exact) mass is 351 g/mol. The number of aromatic nitrogens is 1. The number of nitrogens with one attached hydrogen (secondary N) is 1. The van der Waals surface area contributed by atoms with E-state index in [1.54, 1.807) is 18.2 Å². The maximum absolute atomic E-state index is 12.6. The number of rotatable bonds is 3. The minimum Gasteiger partial charge on any atom is -0.399 e. The summed E-state index contributed by atoms with van der Waals surface area (Å²) < 4.78 is 29.9. The first-order valence-corrected chi connectivity index (χ1v) is 9.29. The molecule has 3 aromatic carbocycles. The van der Waals surface area contributed by atoms with Gasteiger partial charge in [0.25, 0.3) is 10.0 Å². The summed E-state index contributed by atoms with van der Waals surface area (Å²) in [6.45, 7) is 0. The van der Waals surface area contributed by atoms with E-state index in [0.29, 0.717) is 11.4 Å². The van der Waals surface area contributed by atoms with Gasteiger partial charge in [-0.1, -0.05) is 18.2 Å². The molecule has 0 aliphatic rings. The smallest absolute Gasteiger partial charge is 0.261 e. The molecule has 6 heteroatoms. The second-order valence-corrected chi connectivity index (χ2v) is 7.67. The minimum atomic E-state index is -3.66. The number of nitrogens with zero attached hydrogens (tertiary/aromatic N) is 1. The number of fused-ring (bicyclic) bond motifs is 3. The molecular formula is C19H17N3O2S. The molecule has 0 spiro atoms. The predicted octanol–water partition coefficient (Wildman–Crippen LogP) is 3.71. The van der Waals surface area contributed by atoms with Gasteiger partial charge in [0, 0.05) is 40.2 Å². The Morgan fingerprint density at radius 2 is 1.56 bits per heavy atom. The lowest BCUT2D eigenvalue weighted by Crippen LogP contribution is -2.12. The van der Waals surface area contributed by atoms with Crippen LogP contribution in [0.15, 0.2) is 71.6 Å². The van der Waals surface area contributed by atoms with Crippen LogP contribution in [-0.2, 0) is 17.1 Å². The SMILES string of the molecule is Cn1c2ccccc2c2cc(NS(=O)(=O)c3ccc(N)cc3)ccc21. The highest BCUT2D eigenvalue weighted by molar-refractivity contribution is 7.92. The van der Waals surface area contributed by atoms with E-state index < -0.39 is 10.0 Å². The molecule has 0 radical (unpaired) electrons. The highest BCUT2D eigenvalue weighted by Crippen LogP contribution is 2.30. The van der Waals surface area contributed by atoms with Crippen molar-refractivity contribution in [2.75, 3.05) is 10.5 Å². The fraction of sp³-hybridized carbons (Fsp3) is 0.0526. The van der Waals surface area contributed by atoms with Gasteiger partial charge in [0.15, 0.2) is 0 Å². The number of sulfonamides is 1. The van der Waals surface area contributed by atoms with Crippen molar-refractivity contribution in [2.45, 2.75) is 4.90 Å². The molecule has 25 heavy (non-hydrogen) atoms. The molecule has 3 N–H and O–H groups in total. The molecule has 5 nitrogen and oxygen atoms in total.